The Labute approximate surface area is 223 Å². The molecule has 2 fully saturated rings. The van der Waals surface area contributed by atoms with Gasteiger partial charge in [-0.1, -0.05) is 30.3 Å². The predicted octanol–water partition coefficient (Wildman–Crippen LogP) is 5.12. The molecule has 192 valence electrons. The van der Waals surface area contributed by atoms with E-state index in [2.05, 4.69) is 29.2 Å². The molecule has 3 aromatic carbocycles. The van der Waals surface area contributed by atoms with Crippen LogP contribution in [0.3, 0.4) is 0 Å². The second-order valence-corrected chi connectivity index (χ2v) is 11.3. The summed E-state index contributed by atoms with van der Waals surface area (Å²) >= 11 is 1.70. The van der Waals surface area contributed by atoms with Crippen LogP contribution in [0.25, 0.3) is 42.3 Å². The van der Waals surface area contributed by atoms with Gasteiger partial charge in [0, 0.05) is 63.2 Å². The van der Waals surface area contributed by atoms with Gasteiger partial charge in [-0.2, -0.15) is 0 Å². The Morgan fingerprint density at radius 2 is 1.71 bits per heavy atom. The number of hydrogen-bond acceptors (Lipinski definition) is 7. The molecule has 1 saturated carbocycles. The normalized spacial score (nSPS) is 16.8. The monoisotopic (exact) mass is 525 g/mol. The van der Waals surface area contributed by atoms with E-state index in [9.17, 15) is 9.59 Å². The quantitative estimate of drug-likeness (QED) is 0.350. The van der Waals surface area contributed by atoms with Crippen molar-refractivity contribution in [3.05, 3.63) is 70.9 Å². The van der Waals surface area contributed by atoms with E-state index in [0.717, 1.165) is 49.8 Å². The molecule has 2 N–H and O–H groups in total. The van der Waals surface area contributed by atoms with E-state index in [1.807, 2.05) is 30.3 Å². The molecule has 1 saturated heterocycles. The third kappa shape index (κ3) is 3.71. The van der Waals surface area contributed by atoms with E-state index < -0.39 is 5.54 Å². The average Bonchev–Trinajstić information content (AvgIpc) is 3.60. The number of carbonyl (C=O) groups excluding carboxylic acids is 1. The van der Waals surface area contributed by atoms with Gasteiger partial charge in [-0.25, -0.2) is 0 Å². The number of thiophene rings is 1. The number of amides is 1. The smallest absolute Gasteiger partial charge is 0.246 e. The largest absolute Gasteiger partial charge is 0.440 e. The number of para-hydroxylation sites is 1. The second kappa shape index (κ2) is 8.66. The van der Waals surface area contributed by atoms with Crippen molar-refractivity contribution in [1.82, 2.24) is 0 Å². The van der Waals surface area contributed by atoms with Crippen LogP contribution in [0, 0.1) is 0 Å². The summed E-state index contributed by atoms with van der Waals surface area (Å²) in [5, 5.41) is 2.75. The summed E-state index contributed by atoms with van der Waals surface area (Å²) < 4.78 is 14.1. The van der Waals surface area contributed by atoms with Crippen molar-refractivity contribution in [3.63, 3.8) is 0 Å². The van der Waals surface area contributed by atoms with Gasteiger partial charge < -0.3 is 24.7 Å². The molecule has 0 unspecified atom stereocenters. The number of carbonyl (C=O) groups is 1. The van der Waals surface area contributed by atoms with Crippen LogP contribution in [0.15, 0.2) is 69.9 Å². The van der Waals surface area contributed by atoms with Gasteiger partial charge in [0.25, 0.3) is 0 Å². The number of benzene rings is 3. The Hall–Kier alpha value is -3.72. The van der Waals surface area contributed by atoms with E-state index in [-0.39, 0.29) is 11.3 Å². The summed E-state index contributed by atoms with van der Waals surface area (Å²) in [6.07, 6.45) is 1.47. The standard InChI is InChI=1S/C30H27N3O4S/c1-32(29(35)30(31)10-11-30)18-8-9-25-23(16-18)21-6-3-5-20(28(21)38-25)19-4-2-7-22-24(34)17-26(37-27(19)22)33-12-14-36-15-13-33/h2-9,16-17H,10-15,31H2,1H3. The third-order valence-electron chi connectivity index (χ3n) is 7.74. The molecule has 2 aromatic heterocycles. The fraction of sp³-hybridized carbons (Fsp3) is 0.267. The van der Waals surface area contributed by atoms with Gasteiger partial charge in [0.05, 0.1) is 24.1 Å². The van der Waals surface area contributed by atoms with Crippen molar-refractivity contribution in [3.8, 4) is 11.1 Å². The number of fused-ring (bicyclic) bond motifs is 4. The summed E-state index contributed by atoms with van der Waals surface area (Å²) in [6, 6.07) is 19.7. The lowest BCUT2D eigenvalue weighted by Gasteiger charge is -2.27. The SMILES string of the molecule is CN(C(=O)C1(N)CC1)c1ccc2sc3c(-c4cccc5c(=O)cc(N6CCOCC6)oc45)cccc3c2c1. The highest BCUT2D eigenvalue weighted by atomic mass is 32.1. The zero-order chi connectivity index (χ0) is 26.0. The van der Waals surface area contributed by atoms with E-state index in [4.69, 9.17) is 14.9 Å². The van der Waals surface area contributed by atoms with Crippen molar-refractivity contribution in [2.75, 3.05) is 43.2 Å². The first-order chi connectivity index (χ1) is 18.4. The first-order valence-corrected chi connectivity index (χ1v) is 13.7. The number of nitrogens with zero attached hydrogens (tertiary/aromatic N) is 2. The van der Waals surface area contributed by atoms with Crippen LogP contribution in [0.4, 0.5) is 11.6 Å². The van der Waals surface area contributed by atoms with Gasteiger partial charge in [-0.05, 0) is 37.1 Å². The number of rotatable bonds is 4. The van der Waals surface area contributed by atoms with Crippen molar-refractivity contribution in [2.45, 2.75) is 18.4 Å². The summed E-state index contributed by atoms with van der Waals surface area (Å²) in [6.45, 7) is 2.60. The third-order valence-corrected chi connectivity index (χ3v) is 8.96. The maximum atomic E-state index is 13.1. The van der Waals surface area contributed by atoms with E-state index in [1.165, 1.54) is 0 Å². The highest BCUT2D eigenvalue weighted by molar-refractivity contribution is 7.26. The lowest BCUT2D eigenvalue weighted by molar-refractivity contribution is -0.120. The molecule has 0 bridgehead atoms. The molecule has 1 amide bonds. The first-order valence-electron chi connectivity index (χ1n) is 12.9. The van der Waals surface area contributed by atoms with Gasteiger partial charge in [0.15, 0.2) is 11.3 Å². The molecule has 8 heteroatoms. The summed E-state index contributed by atoms with van der Waals surface area (Å²) in [5.41, 5.74) is 8.74. The maximum absolute atomic E-state index is 13.1. The first kappa shape index (κ1) is 23.4. The fourth-order valence-corrected chi connectivity index (χ4v) is 6.53. The molecule has 7 rings (SSSR count). The molecule has 5 aromatic rings. The zero-order valence-corrected chi connectivity index (χ0v) is 21.8. The van der Waals surface area contributed by atoms with Crippen LogP contribution >= 0.6 is 11.3 Å². The van der Waals surface area contributed by atoms with Gasteiger partial charge in [0.1, 0.15) is 5.58 Å². The number of anilines is 2. The van der Waals surface area contributed by atoms with Crippen LogP contribution in [0.5, 0.6) is 0 Å². The van der Waals surface area contributed by atoms with Gasteiger partial charge in [0.2, 0.25) is 5.91 Å². The molecule has 3 heterocycles. The molecule has 7 nitrogen and oxygen atoms in total. The number of hydrogen-bond donors (Lipinski definition) is 1. The molecule has 38 heavy (non-hydrogen) atoms. The molecule has 0 radical (unpaired) electrons. The molecule has 2 aliphatic rings. The fourth-order valence-electron chi connectivity index (χ4n) is 5.32. The second-order valence-electron chi connectivity index (χ2n) is 10.2. The molecule has 0 atom stereocenters. The highest BCUT2D eigenvalue weighted by Gasteiger charge is 2.47. The summed E-state index contributed by atoms with van der Waals surface area (Å²) in [5.74, 6) is 0.534. The Morgan fingerprint density at radius 3 is 2.47 bits per heavy atom. The van der Waals surface area contributed by atoms with Crippen molar-refractivity contribution < 1.29 is 13.9 Å². The minimum absolute atomic E-state index is 0.0427. The molecular weight excluding hydrogens is 498 g/mol. The number of nitrogens with two attached hydrogens (primary N) is 1. The maximum Gasteiger partial charge on any atom is 0.246 e. The van der Waals surface area contributed by atoms with Crippen LogP contribution in [-0.4, -0.2) is 44.8 Å². The van der Waals surface area contributed by atoms with Crippen LogP contribution in [0.1, 0.15) is 12.8 Å². The van der Waals surface area contributed by atoms with Crippen molar-refractivity contribution >= 4 is 60.0 Å². The average molecular weight is 526 g/mol. The van der Waals surface area contributed by atoms with Crippen LogP contribution in [0.2, 0.25) is 0 Å². The van der Waals surface area contributed by atoms with Gasteiger partial charge >= 0.3 is 0 Å². The molecule has 0 spiro atoms. The van der Waals surface area contributed by atoms with Crippen LogP contribution in [-0.2, 0) is 9.53 Å². The Morgan fingerprint density at radius 1 is 0.974 bits per heavy atom. The molecule has 1 aliphatic carbocycles. The lowest BCUT2D eigenvalue weighted by atomic mass is 10.0. The molecular formula is C30H27N3O4S. The minimum Gasteiger partial charge on any atom is -0.440 e. The summed E-state index contributed by atoms with van der Waals surface area (Å²) in [4.78, 5) is 29.7. The topological polar surface area (TPSA) is 89.0 Å². The van der Waals surface area contributed by atoms with Crippen LogP contribution < -0.4 is 21.0 Å². The number of morpholine rings is 1. The number of ether oxygens (including phenoxy) is 1. The van der Waals surface area contributed by atoms with Crippen molar-refractivity contribution in [2.24, 2.45) is 5.73 Å². The van der Waals surface area contributed by atoms with Crippen molar-refractivity contribution in [1.29, 1.82) is 0 Å². The van der Waals surface area contributed by atoms with Gasteiger partial charge in [-0.15, -0.1) is 11.3 Å². The van der Waals surface area contributed by atoms with E-state index in [0.29, 0.717) is 43.2 Å². The lowest BCUT2D eigenvalue weighted by Crippen LogP contribution is -2.43. The zero-order valence-electron chi connectivity index (χ0n) is 21.0. The molecule has 1 aliphatic heterocycles. The Balaban J connectivity index is 1.38. The van der Waals surface area contributed by atoms with E-state index >= 15 is 0 Å². The minimum atomic E-state index is -0.716. The van der Waals surface area contributed by atoms with Gasteiger partial charge in [-0.3, -0.25) is 9.59 Å². The van der Waals surface area contributed by atoms with E-state index in [1.54, 1.807) is 29.4 Å². The predicted molar refractivity (Wildman–Crippen MR) is 153 cm³/mol. The summed E-state index contributed by atoms with van der Waals surface area (Å²) in [7, 11) is 1.79. The highest BCUT2D eigenvalue weighted by Crippen LogP contribution is 2.43. The Kier molecular flexibility index (Phi) is 5.33. The number of likely N-dealkylation sites (N-methyl/N-ethyl adjacent to an activating group) is 1. The Bertz CT molecular complexity index is 1800.